The molecule has 22 heavy (non-hydrogen) atoms. The summed E-state index contributed by atoms with van der Waals surface area (Å²) in [5.41, 5.74) is 2.37. The lowest BCUT2D eigenvalue weighted by molar-refractivity contribution is -0.103. The van der Waals surface area contributed by atoms with E-state index in [1.165, 1.54) is 5.39 Å². The first kappa shape index (κ1) is 13.6. The molecule has 4 rings (SSSR count). The Balaban J connectivity index is 2.13. The number of benzene rings is 3. The lowest BCUT2D eigenvalue weighted by Gasteiger charge is -2.10. The molecule has 3 aromatic carbocycles. The second-order valence-corrected chi connectivity index (χ2v) is 6.54. The van der Waals surface area contributed by atoms with Gasteiger partial charge in [-0.25, -0.2) is 0 Å². The average Bonchev–Trinajstić information content (AvgIpc) is 2.69. The van der Waals surface area contributed by atoms with Crippen LogP contribution in [-0.2, 0) is 4.79 Å². The summed E-state index contributed by atoms with van der Waals surface area (Å²) in [4.78, 5) is 13.8. The summed E-state index contributed by atoms with van der Waals surface area (Å²) in [6, 6.07) is 20.2. The molecule has 0 unspecified atom stereocenters. The van der Waals surface area contributed by atoms with Crippen LogP contribution in [0.1, 0.15) is 11.1 Å². The monoisotopic (exact) mass is 322 g/mol. The third-order valence-electron chi connectivity index (χ3n) is 3.86. The maximum atomic E-state index is 11.6. The Morgan fingerprint density at radius 2 is 1.64 bits per heavy atom. The highest BCUT2D eigenvalue weighted by Crippen LogP contribution is 2.47. The first-order valence-corrected chi connectivity index (χ1v) is 8.13. The zero-order chi connectivity index (χ0) is 15.1. The molecule has 0 spiro atoms. The van der Waals surface area contributed by atoms with Gasteiger partial charge in [-0.15, -0.1) is 0 Å². The second-order valence-electron chi connectivity index (χ2n) is 5.11. The van der Waals surface area contributed by atoms with E-state index in [2.05, 4.69) is 18.2 Å². The van der Waals surface area contributed by atoms with Gasteiger partial charge < -0.3 is 0 Å². The molecule has 0 aliphatic carbocycles. The minimum absolute atomic E-state index is 0.521. The van der Waals surface area contributed by atoms with E-state index in [0.717, 1.165) is 32.6 Å². The van der Waals surface area contributed by atoms with Gasteiger partial charge in [-0.05, 0) is 16.8 Å². The molecule has 0 aromatic heterocycles. The van der Waals surface area contributed by atoms with Crippen LogP contribution in [0, 0.1) is 0 Å². The summed E-state index contributed by atoms with van der Waals surface area (Å²) >= 11 is 8.25. The lowest BCUT2D eigenvalue weighted by atomic mass is 10.0. The van der Waals surface area contributed by atoms with Gasteiger partial charge in [-0.2, -0.15) is 0 Å². The van der Waals surface area contributed by atoms with Gasteiger partial charge in [0.1, 0.15) is 0 Å². The molecular formula is C19H11ClOS. The Morgan fingerprint density at radius 3 is 2.50 bits per heavy atom. The van der Waals surface area contributed by atoms with Crippen LogP contribution in [0.3, 0.4) is 0 Å². The Hall–Kier alpha value is -2.03. The van der Waals surface area contributed by atoms with Gasteiger partial charge in [0.2, 0.25) is 0 Å². The van der Waals surface area contributed by atoms with Crippen molar-refractivity contribution in [2.45, 2.75) is 9.79 Å². The number of carbonyl (C=O) groups is 1. The van der Waals surface area contributed by atoms with Crippen LogP contribution in [0.4, 0.5) is 0 Å². The van der Waals surface area contributed by atoms with Crippen molar-refractivity contribution < 1.29 is 4.79 Å². The van der Waals surface area contributed by atoms with Gasteiger partial charge in [-0.1, -0.05) is 78.0 Å². The largest absolute Gasteiger partial charge is 0.298 e. The molecule has 0 fully saturated rings. The summed E-state index contributed by atoms with van der Waals surface area (Å²) < 4.78 is 0. The van der Waals surface area contributed by atoms with E-state index in [1.54, 1.807) is 11.8 Å². The molecule has 1 aliphatic heterocycles. The standard InChI is InChI=1S/C19H11ClOS/c20-18-15-10-9-12-5-1-2-6-13(12)19(15)22-17-8-4-3-7-14(17)16(18)11-21/h1-11H. The van der Waals surface area contributed by atoms with Gasteiger partial charge >= 0.3 is 0 Å². The Morgan fingerprint density at radius 1 is 0.864 bits per heavy atom. The van der Waals surface area contributed by atoms with Crippen LogP contribution in [-0.4, -0.2) is 6.29 Å². The number of aldehydes is 1. The molecule has 1 aliphatic rings. The van der Waals surface area contributed by atoms with Gasteiger partial charge in [0.05, 0.1) is 5.03 Å². The number of fused-ring (bicyclic) bond motifs is 4. The van der Waals surface area contributed by atoms with Crippen molar-refractivity contribution in [2.24, 2.45) is 0 Å². The molecule has 0 N–H and O–H groups in total. The number of hydrogen-bond donors (Lipinski definition) is 0. The molecule has 0 saturated carbocycles. The third kappa shape index (κ3) is 1.99. The van der Waals surface area contributed by atoms with Crippen LogP contribution >= 0.6 is 23.4 Å². The Labute approximate surface area is 137 Å². The van der Waals surface area contributed by atoms with Crippen molar-refractivity contribution in [3.63, 3.8) is 0 Å². The third-order valence-corrected chi connectivity index (χ3v) is 5.49. The predicted octanol–water partition coefficient (Wildman–Crippen LogP) is 5.61. The van der Waals surface area contributed by atoms with Gasteiger partial charge in [0.25, 0.3) is 0 Å². The molecule has 1 heterocycles. The van der Waals surface area contributed by atoms with E-state index in [-0.39, 0.29) is 0 Å². The SMILES string of the molecule is O=CC1=C(Cl)c2ccc3ccccc3c2Sc2ccccc21. The summed E-state index contributed by atoms with van der Waals surface area (Å²) in [5.74, 6) is 0. The summed E-state index contributed by atoms with van der Waals surface area (Å²) in [5, 5.41) is 2.85. The number of carbonyl (C=O) groups excluding carboxylic acids is 1. The van der Waals surface area contributed by atoms with Crippen molar-refractivity contribution in [1.82, 2.24) is 0 Å². The summed E-state index contributed by atoms with van der Waals surface area (Å²) in [7, 11) is 0. The van der Waals surface area contributed by atoms with E-state index < -0.39 is 0 Å². The number of rotatable bonds is 1. The fourth-order valence-electron chi connectivity index (χ4n) is 2.79. The maximum absolute atomic E-state index is 11.6. The van der Waals surface area contributed by atoms with Crippen LogP contribution in [0.5, 0.6) is 0 Å². The predicted molar refractivity (Wildman–Crippen MR) is 93.2 cm³/mol. The van der Waals surface area contributed by atoms with Crippen LogP contribution in [0.2, 0.25) is 0 Å². The normalized spacial score (nSPS) is 13.5. The zero-order valence-corrected chi connectivity index (χ0v) is 13.1. The molecule has 0 saturated heterocycles. The Bertz CT molecular complexity index is 943. The van der Waals surface area contributed by atoms with Crippen molar-refractivity contribution in [2.75, 3.05) is 0 Å². The highest BCUT2D eigenvalue weighted by atomic mass is 35.5. The van der Waals surface area contributed by atoms with Crippen molar-refractivity contribution in [1.29, 1.82) is 0 Å². The molecule has 0 atom stereocenters. The molecule has 0 radical (unpaired) electrons. The van der Waals surface area contributed by atoms with E-state index in [1.807, 2.05) is 42.5 Å². The van der Waals surface area contributed by atoms with Crippen molar-refractivity contribution >= 4 is 51.0 Å². The van der Waals surface area contributed by atoms with Crippen LogP contribution in [0.15, 0.2) is 70.5 Å². The van der Waals surface area contributed by atoms with E-state index in [4.69, 9.17) is 11.6 Å². The minimum atomic E-state index is 0.521. The molecule has 1 nitrogen and oxygen atoms in total. The number of allylic oxidation sites excluding steroid dienone is 1. The Kier molecular flexibility index (Phi) is 3.29. The summed E-state index contributed by atoms with van der Waals surface area (Å²) in [6.45, 7) is 0. The van der Waals surface area contributed by atoms with Gasteiger partial charge in [0.15, 0.2) is 6.29 Å². The highest BCUT2D eigenvalue weighted by Gasteiger charge is 2.22. The topological polar surface area (TPSA) is 17.1 Å². The summed E-state index contributed by atoms with van der Waals surface area (Å²) in [6.07, 6.45) is 0.853. The second kappa shape index (κ2) is 5.31. The minimum Gasteiger partial charge on any atom is -0.298 e. The van der Waals surface area contributed by atoms with E-state index >= 15 is 0 Å². The van der Waals surface area contributed by atoms with Crippen LogP contribution < -0.4 is 0 Å². The highest BCUT2D eigenvalue weighted by molar-refractivity contribution is 7.99. The van der Waals surface area contributed by atoms with E-state index in [0.29, 0.717) is 10.6 Å². The molecule has 0 amide bonds. The van der Waals surface area contributed by atoms with Crippen molar-refractivity contribution in [3.05, 3.63) is 71.8 Å². The van der Waals surface area contributed by atoms with Crippen LogP contribution in [0.25, 0.3) is 21.4 Å². The fourth-order valence-corrected chi connectivity index (χ4v) is 4.38. The van der Waals surface area contributed by atoms with E-state index in [9.17, 15) is 4.79 Å². The number of halogens is 1. The van der Waals surface area contributed by atoms with Gasteiger partial charge in [-0.3, -0.25) is 4.79 Å². The first-order chi connectivity index (χ1) is 10.8. The molecule has 3 aromatic rings. The van der Waals surface area contributed by atoms with Gasteiger partial charge in [0, 0.05) is 26.5 Å². The maximum Gasteiger partial charge on any atom is 0.152 e. The molecular weight excluding hydrogens is 312 g/mol. The zero-order valence-electron chi connectivity index (χ0n) is 11.5. The molecule has 106 valence electrons. The number of hydrogen-bond acceptors (Lipinski definition) is 2. The van der Waals surface area contributed by atoms with Crippen molar-refractivity contribution in [3.8, 4) is 0 Å². The average molecular weight is 323 g/mol. The molecule has 3 heteroatoms. The first-order valence-electron chi connectivity index (χ1n) is 6.94. The fraction of sp³-hybridized carbons (Fsp3) is 0. The smallest absolute Gasteiger partial charge is 0.152 e. The molecule has 0 bridgehead atoms. The lowest BCUT2D eigenvalue weighted by Crippen LogP contribution is -1.89. The quantitative estimate of drug-likeness (QED) is 0.542.